The molecule has 0 aliphatic carbocycles. The van der Waals surface area contributed by atoms with Gasteiger partial charge in [0.05, 0.1) is 10.0 Å². The Bertz CT molecular complexity index is 533. The van der Waals surface area contributed by atoms with E-state index in [1.165, 1.54) is 19.1 Å². The minimum atomic E-state index is -0.448. The molecule has 0 spiro atoms. The lowest BCUT2D eigenvalue weighted by Crippen LogP contribution is -2.44. The van der Waals surface area contributed by atoms with Gasteiger partial charge in [-0.2, -0.15) is 0 Å². The first-order chi connectivity index (χ1) is 9.50. The normalized spacial score (nSPS) is 18.9. The second-order valence-electron chi connectivity index (χ2n) is 5.16. The van der Waals surface area contributed by atoms with Crippen LogP contribution in [0.2, 0.25) is 0 Å². The Morgan fingerprint density at radius 3 is 2.85 bits per heavy atom. The second-order valence-corrected chi connectivity index (χ2v) is 5.95. The number of carbonyl (C=O) groups excluding carboxylic acids is 2. The van der Waals surface area contributed by atoms with Crippen LogP contribution in [0.15, 0.2) is 22.7 Å². The number of piperidine rings is 1. The summed E-state index contributed by atoms with van der Waals surface area (Å²) < 4.78 is 13.7. The summed E-state index contributed by atoms with van der Waals surface area (Å²) in [6.45, 7) is 2.16. The summed E-state index contributed by atoms with van der Waals surface area (Å²) in [5.74, 6) is -0.577. The SMILES string of the molecule is CC(=O)CC1CCCCN1C(=O)c1cccc(F)c1Br. The molecular weight excluding hydrogens is 325 g/mol. The van der Waals surface area contributed by atoms with Gasteiger partial charge in [0.1, 0.15) is 11.6 Å². The molecule has 5 heteroatoms. The van der Waals surface area contributed by atoms with Crippen molar-refractivity contribution < 1.29 is 14.0 Å². The van der Waals surface area contributed by atoms with E-state index >= 15 is 0 Å². The Morgan fingerprint density at radius 2 is 2.15 bits per heavy atom. The number of amides is 1. The Morgan fingerprint density at radius 1 is 1.40 bits per heavy atom. The highest BCUT2D eigenvalue weighted by atomic mass is 79.9. The number of halogens is 2. The largest absolute Gasteiger partial charge is 0.335 e. The number of Topliss-reactive ketones (excluding diaryl/α,β-unsaturated/α-hetero) is 1. The maximum absolute atomic E-state index is 13.5. The highest BCUT2D eigenvalue weighted by Gasteiger charge is 2.29. The standard InChI is InChI=1S/C15H17BrFNO2/c1-10(19)9-11-5-2-3-8-18(11)15(20)12-6-4-7-13(17)14(12)16/h4,6-7,11H,2-3,5,8-9H2,1H3. The first-order valence-electron chi connectivity index (χ1n) is 6.75. The van der Waals surface area contributed by atoms with Crippen molar-refractivity contribution in [3.8, 4) is 0 Å². The number of hydrogen-bond acceptors (Lipinski definition) is 2. The summed E-state index contributed by atoms with van der Waals surface area (Å²) in [5, 5.41) is 0. The molecule has 0 N–H and O–H groups in total. The zero-order valence-corrected chi connectivity index (χ0v) is 13.0. The third kappa shape index (κ3) is 3.26. The van der Waals surface area contributed by atoms with Crippen molar-refractivity contribution in [2.75, 3.05) is 6.54 Å². The maximum atomic E-state index is 13.5. The molecular formula is C15H17BrFNO2. The van der Waals surface area contributed by atoms with Crippen molar-refractivity contribution in [2.45, 2.75) is 38.6 Å². The van der Waals surface area contributed by atoms with Gasteiger partial charge < -0.3 is 4.90 Å². The van der Waals surface area contributed by atoms with Crippen LogP contribution >= 0.6 is 15.9 Å². The second kappa shape index (κ2) is 6.48. The summed E-state index contributed by atoms with van der Waals surface area (Å²) in [7, 11) is 0. The first kappa shape index (κ1) is 15.2. The van der Waals surface area contributed by atoms with Gasteiger partial charge in [-0.1, -0.05) is 6.07 Å². The fourth-order valence-corrected chi connectivity index (χ4v) is 3.07. The minimum absolute atomic E-state index is 0.0658. The smallest absolute Gasteiger partial charge is 0.255 e. The van der Waals surface area contributed by atoms with Crippen molar-refractivity contribution in [1.82, 2.24) is 4.90 Å². The van der Waals surface area contributed by atoms with E-state index in [1.54, 1.807) is 11.0 Å². The van der Waals surface area contributed by atoms with Gasteiger partial charge in [0.25, 0.3) is 5.91 Å². The monoisotopic (exact) mass is 341 g/mol. The van der Waals surface area contributed by atoms with Gasteiger partial charge in [-0.15, -0.1) is 0 Å². The average molecular weight is 342 g/mol. The van der Waals surface area contributed by atoms with E-state index in [0.29, 0.717) is 18.5 Å². The van der Waals surface area contributed by atoms with Gasteiger partial charge in [-0.25, -0.2) is 4.39 Å². The molecule has 0 bridgehead atoms. The van der Waals surface area contributed by atoms with Crippen molar-refractivity contribution >= 4 is 27.6 Å². The third-order valence-electron chi connectivity index (χ3n) is 3.59. The van der Waals surface area contributed by atoms with Gasteiger partial charge in [0.15, 0.2) is 0 Å². The van der Waals surface area contributed by atoms with E-state index in [0.717, 1.165) is 19.3 Å². The molecule has 20 heavy (non-hydrogen) atoms. The van der Waals surface area contributed by atoms with Crippen molar-refractivity contribution in [2.24, 2.45) is 0 Å². The molecule has 0 radical (unpaired) electrons. The lowest BCUT2D eigenvalue weighted by Gasteiger charge is -2.35. The van der Waals surface area contributed by atoms with E-state index in [2.05, 4.69) is 15.9 Å². The van der Waals surface area contributed by atoms with E-state index in [9.17, 15) is 14.0 Å². The van der Waals surface area contributed by atoms with E-state index in [4.69, 9.17) is 0 Å². The molecule has 1 aromatic rings. The molecule has 1 saturated heterocycles. The summed E-state index contributed by atoms with van der Waals surface area (Å²) in [6, 6.07) is 4.37. The molecule has 1 unspecified atom stereocenters. The van der Waals surface area contributed by atoms with E-state index in [-0.39, 0.29) is 22.2 Å². The van der Waals surface area contributed by atoms with Gasteiger partial charge in [0, 0.05) is 19.0 Å². The topological polar surface area (TPSA) is 37.4 Å². The van der Waals surface area contributed by atoms with Crippen molar-refractivity contribution in [3.05, 3.63) is 34.1 Å². The zero-order valence-electron chi connectivity index (χ0n) is 11.4. The Hall–Kier alpha value is -1.23. The first-order valence-corrected chi connectivity index (χ1v) is 7.54. The fourth-order valence-electron chi connectivity index (χ4n) is 2.64. The molecule has 108 valence electrons. The number of benzene rings is 1. The molecule has 1 aromatic carbocycles. The number of ketones is 1. The predicted octanol–water partition coefficient (Wildman–Crippen LogP) is 3.56. The molecule has 1 aliphatic rings. The lowest BCUT2D eigenvalue weighted by atomic mass is 9.97. The van der Waals surface area contributed by atoms with Crippen LogP contribution in [0.3, 0.4) is 0 Å². The molecule has 0 aromatic heterocycles. The Kier molecular flexibility index (Phi) is 4.91. The van der Waals surface area contributed by atoms with E-state index < -0.39 is 5.82 Å². The summed E-state index contributed by atoms with van der Waals surface area (Å²) in [6.07, 6.45) is 3.15. The molecule has 0 saturated carbocycles. The Balaban J connectivity index is 2.25. The molecule has 1 amide bonds. The molecule has 1 fully saturated rings. The van der Waals surface area contributed by atoms with Crippen molar-refractivity contribution in [3.63, 3.8) is 0 Å². The van der Waals surface area contributed by atoms with Crippen LogP contribution < -0.4 is 0 Å². The van der Waals surface area contributed by atoms with Gasteiger partial charge in [-0.05, 0) is 54.2 Å². The molecule has 3 nitrogen and oxygen atoms in total. The lowest BCUT2D eigenvalue weighted by molar-refractivity contribution is -0.118. The summed E-state index contributed by atoms with van der Waals surface area (Å²) in [4.78, 5) is 25.6. The van der Waals surface area contributed by atoms with Crippen LogP contribution in [0.1, 0.15) is 43.0 Å². The number of hydrogen-bond donors (Lipinski definition) is 0. The Labute approximate surface area is 126 Å². The number of likely N-dealkylation sites (tertiary alicyclic amines) is 1. The van der Waals surface area contributed by atoms with Crippen LogP contribution in [0.25, 0.3) is 0 Å². The van der Waals surface area contributed by atoms with Crippen LogP contribution in [-0.4, -0.2) is 29.2 Å². The zero-order chi connectivity index (χ0) is 14.7. The molecule has 1 heterocycles. The maximum Gasteiger partial charge on any atom is 0.255 e. The van der Waals surface area contributed by atoms with E-state index in [1.807, 2.05) is 0 Å². The third-order valence-corrected chi connectivity index (χ3v) is 4.40. The van der Waals surface area contributed by atoms with Crippen molar-refractivity contribution in [1.29, 1.82) is 0 Å². The molecule has 1 aliphatic heterocycles. The number of carbonyl (C=O) groups is 2. The number of nitrogens with zero attached hydrogens (tertiary/aromatic N) is 1. The predicted molar refractivity (Wildman–Crippen MR) is 78.1 cm³/mol. The summed E-state index contributed by atoms with van der Waals surface area (Å²) in [5.41, 5.74) is 0.320. The van der Waals surface area contributed by atoms with Crippen LogP contribution in [0.5, 0.6) is 0 Å². The molecule has 2 rings (SSSR count). The molecule has 1 atom stereocenters. The van der Waals surface area contributed by atoms with Gasteiger partial charge >= 0.3 is 0 Å². The van der Waals surface area contributed by atoms with Crippen LogP contribution in [-0.2, 0) is 4.79 Å². The highest BCUT2D eigenvalue weighted by Crippen LogP contribution is 2.26. The average Bonchev–Trinajstić information content (AvgIpc) is 2.41. The minimum Gasteiger partial charge on any atom is -0.335 e. The highest BCUT2D eigenvalue weighted by molar-refractivity contribution is 9.10. The van der Waals surface area contributed by atoms with Crippen LogP contribution in [0.4, 0.5) is 4.39 Å². The number of rotatable bonds is 3. The van der Waals surface area contributed by atoms with Crippen LogP contribution in [0, 0.1) is 5.82 Å². The quantitative estimate of drug-likeness (QED) is 0.842. The summed E-state index contributed by atoms with van der Waals surface area (Å²) >= 11 is 3.13. The van der Waals surface area contributed by atoms with Gasteiger partial charge in [-0.3, -0.25) is 9.59 Å². The van der Waals surface area contributed by atoms with Gasteiger partial charge in [0.2, 0.25) is 0 Å². The fraction of sp³-hybridized carbons (Fsp3) is 0.467.